The van der Waals surface area contributed by atoms with Gasteiger partial charge >= 0.3 is 0 Å². The standard InChI is InChI=1S/C12H14BrClN2O/c1-8-7-15-4-5-16(8)12(17)9-2-3-10(13)11(14)6-9/h2-3,6,8,15H,4-5,7H2,1H3. The Morgan fingerprint density at radius 1 is 1.59 bits per heavy atom. The summed E-state index contributed by atoms with van der Waals surface area (Å²) < 4.78 is 0.809. The first-order valence-corrected chi connectivity index (χ1v) is 6.73. The zero-order valence-electron chi connectivity index (χ0n) is 9.54. The molecule has 17 heavy (non-hydrogen) atoms. The molecule has 0 aliphatic carbocycles. The molecule has 0 aromatic heterocycles. The van der Waals surface area contributed by atoms with E-state index in [0.29, 0.717) is 10.6 Å². The van der Waals surface area contributed by atoms with Crippen LogP contribution in [-0.4, -0.2) is 36.5 Å². The van der Waals surface area contributed by atoms with E-state index >= 15 is 0 Å². The molecule has 2 rings (SSSR count). The average Bonchev–Trinajstić information content (AvgIpc) is 2.32. The van der Waals surface area contributed by atoms with E-state index in [4.69, 9.17) is 11.6 Å². The van der Waals surface area contributed by atoms with E-state index in [1.54, 1.807) is 12.1 Å². The van der Waals surface area contributed by atoms with Crippen LogP contribution in [0.4, 0.5) is 0 Å². The average molecular weight is 318 g/mol. The van der Waals surface area contributed by atoms with Crippen molar-refractivity contribution in [3.8, 4) is 0 Å². The Kier molecular flexibility index (Phi) is 4.07. The fourth-order valence-electron chi connectivity index (χ4n) is 1.94. The molecule has 0 radical (unpaired) electrons. The third kappa shape index (κ3) is 2.81. The number of amides is 1. The number of rotatable bonds is 1. The summed E-state index contributed by atoms with van der Waals surface area (Å²) >= 11 is 9.32. The van der Waals surface area contributed by atoms with Crippen LogP contribution < -0.4 is 5.32 Å². The first kappa shape index (κ1) is 12.9. The summed E-state index contributed by atoms with van der Waals surface area (Å²) in [5.74, 6) is 0.0494. The molecule has 1 aliphatic heterocycles. The lowest BCUT2D eigenvalue weighted by Crippen LogP contribution is -2.52. The summed E-state index contributed by atoms with van der Waals surface area (Å²) in [6.07, 6.45) is 0. The van der Waals surface area contributed by atoms with E-state index in [0.717, 1.165) is 24.1 Å². The molecule has 1 aromatic carbocycles. The smallest absolute Gasteiger partial charge is 0.254 e. The van der Waals surface area contributed by atoms with E-state index in [9.17, 15) is 4.79 Å². The number of nitrogens with one attached hydrogen (secondary N) is 1. The minimum absolute atomic E-state index is 0.0494. The molecule has 3 nitrogen and oxygen atoms in total. The molecule has 1 unspecified atom stereocenters. The van der Waals surface area contributed by atoms with Gasteiger partial charge < -0.3 is 10.2 Å². The van der Waals surface area contributed by atoms with Crippen molar-refractivity contribution in [3.63, 3.8) is 0 Å². The monoisotopic (exact) mass is 316 g/mol. The molecule has 1 aliphatic rings. The van der Waals surface area contributed by atoms with Crippen LogP contribution in [0.5, 0.6) is 0 Å². The number of hydrogen-bond donors (Lipinski definition) is 1. The number of carbonyl (C=O) groups is 1. The van der Waals surface area contributed by atoms with Crippen LogP contribution in [0.25, 0.3) is 0 Å². The van der Waals surface area contributed by atoms with E-state index in [1.807, 2.05) is 17.9 Å². The summed E-state index contributed by atoms with van der Waals surface area (Å²) in [5.41, 5.74) is 0.645. The Balaban J connectivity index is 2.21. The minimum Gasteiger partial charge on any atom is -0.333 e. The van der Waals surface area contributed by atoms with Crippen LogP contribution in [-0.2, 0) is 0 Å². The minimum atomic E-state index is 0.0494. The van der Waals surface area contributed by atoms with Gasteiger partial charge in [-0.25, -0.2) is 0 Å². The molecule has 1 aromatic rings. The largest absolute Gasteiger partial charge is 0.333 e. The van der Waals surface area contributed by atoms with Gasteiger partial charge in [0.05, 0.1) is 5.02 Å². The molecule has 1 heterocycles. The van der Waals surface area contributed by atoms with Crippen molar-refractivity contribution < 1.29 is 4.79 Å². The molecule has 0 saturated carbocycles. The highest BCUT2D eigenvalue weighted by Crippen LogP contribution is 2.24. The van der Waals surface area contributed by atoms with Crippen molar-refractivity contribution in [2.45, 2.75) is 13.0 Å². The Hall–Kier alpha value is -0.580. The topological polar surface area (TPSA) is 32.3 Å². The van der Waals surface area contributed by atoms with Crippen molar-refractivity contribution in [3.05, 3.63) is 33.3 Å². The van der Waals surface area contributed by atoms with Crippen molar-refractivity contribution in [2.24, 2.45) is 0 Å². The number of hydrogen-bond acceptors (Lipinski definition) is 2. The maximum Gasteiger partial charge on any atom is 0.254 e. The number of carbonyl (C=O) groups excluding carboxylic acids is 1. The van der Waals surface area contributed by atoms with E-state index in [1.165, 1.54) is 0 Å². The zero-order valence-corrected chi connectivity index (χ0v) is 11.9. The van der Waals surface area contributed by atoms with Crippen LogP contribution in [0.1, 0.15) is 17.3 Å². The van der Waals surface area contributed by atoms with Gasteiger partial charge in [-0.1, -0.05) is 11.6 Å². The Labute approximate surface area is 114 Å². The van der Waals surface area contributed by atoms with Gasteiger partial charge in [0.1, 0.15) is 0 Å². The molecule has 1 fully saturated rings. The highest BCUT2D eigenvalue weighted by Gasteiger charge is 2.24. The molecule has 1 saturated heterocycles. The van der Waals surface area contributed by atoms with Gasteiger partial charge in [-0.3, -0.25) is 4.79 Å². The van der Waals surface area contributed by atoms with Crippen molar-refractivity contribution in [1.29, 1.82) is 0 Å². The Bertz CT molecular complexity index is 439. The van der Waals surface area contributed by atoms with E-state index < -0.39 is 0 Å². The van der Waals surface area contributed by atoms with E-state index in [2.05, 4.69) is 21.2 Å². The first-order chi connectivity index (χ1) is 8.09. The molecule has 1 amide bonds. The molecule has 0 spiro atoms. The second-order valence-corrected chi connectivity index (χ2v) is 5.44. The molecule has 0 bridgehead atoms. The Morgan fingerprint density at radius 2 is 2.35 bits per heavy atom. The fraction of sp³-hybridized carbons (Fsp3) is 0.417. The molecular weight excluding hydrogens is 304 g/mol. The number of nitrogens with zero attached hydrogens (tertiary/aromatic N) is 1. The van der Waals surface area contributed by atoms with Gasteiger partial charge in [-0.05, 0) is 41.1 Å². The van der Waals surface area contributed by atoms with Gasteiger partial charge in [0, 0.05) is 35.7 Å². The Morgan fingerprint density at radius 3 is 3.00 bits per heavy atom. The third-order valence-corrected chi connectivity index (χ3v) is 4.16. The number of halogens is 2. The zero-order chi connectivity index (χ0) is 12.4. The predicted molar refractivity (Wildman–Crippen MR) is 72.5 cm³/mol. The second-order valence-electron chi connectivity index (χ2n) is 4.18. The maximum absolute atomic E-state index is 12.3. The van der Waals surface area contributed by atoms with Gasteiger partial charge in [0.25, 0.3) is 5.91 Å². The van der Waals surface area contributed by atoms with E-state index in [-0.39, 0.29) is 11.9 Å². The SMILES string of the molecule is CC1CNCCN1C(=O)c1ccc(Br)c(Cl)c1. The van der Waals surface area contributed by atoms with Crippen LogP contribution in [0.3, 0.4) is 0 Å². The number of piperazine rings is 1. The van der Waals surface area contributed by atoms with Crippen LogP contribution in [0.15, 0.2) is 22.7 Å². The quantitative estimate of drug-likeness (QED) is 0.863. The molecular formula is C12H14BrClN2O. The highest BCUT2D eigenvalue weighted by molar-refractivity contribution is 9.10. The fourth-order valence-corrected chi connectivity index (χ4v) is 2.36. The second kappa shape index (κ2) is 5.38. The van der Waals surface area contributed by atoms with Gasteiger partial charge in [-0.2, -0.15) is 0 Å². The van der Waals surface area contributed by atoms with Crippen molar-refractivity contribution in [1.82, 2.24) is 10.2 Å². The van der Waals surface area contributed by atoms with Gasteiger partial charge in [0.2, 0.25) is 0 Å². The predicted octanol–water partition coefficient (Wildman–Crippen LogP) is 2.54. The summed E-state index contributed by atoms with van der Waals surface area (Å²) in [6, 6.07) is 5.54. The lowest BCUT2D eigenvalue weighted by Gasteiger charge is -2.34. The van der Waals surface area contributed by atoms with Gasteiger partial charge in [-0.15, -0.1) is 0 Å². The van der Waals surface area contributed by atoms with Crippen LogP contribution >= 0.6 is 27.5 Å². The lowest BCUT2D eigenvalue weighted by atomic mass is 10.1. The normalized spacial score (nSPS) is 20.4. The summed E-state index contributed by atoms with van der Waals surface area (Å²) in [5, 5.41) is 3.83. The summed E-state index contributed by atoms with van der Waals surface area (Å²) in [4.78, 5) is 14.2. The highest BCUT2D eigenvalue weighted by atomic mass is 79.9. The summed E-state index contributed by atoms with van der Waals surface area (Å²) in [7, 11) is 0. The maximum atomic E-state index is 12.3. The van der Waals surface area contributed by atoms with Crippen molar-refractivity contribution in [2.75, 3.05) is 19.6 Å². The first-order valence-electron chi connectivity index (χ1n) is 5.56. The molecule has 5 heteroatoms. The number of benzene rings is 1. The van der Waals surface area contributed by atoms with Crippen LogP contribution in [0, 0.1) is 0 Å². The lowest BCUT2D eigenvalue weighted by molar-refractivity contribution is 0.0656. The van der Waals surface area contributed by atoms with Crippen molar-refractivity contribution >= 4 is 33.4 Å². The van der Waals surface area contributed by atoms with Crippen LogP contribution in [0.2, 0.25) is 5.02 Å². The summed E-state index contributed by atoms with van der Waals surface area (Å²) in [6.45, 7) is 4.48. The molecule has 1 N–H and O–H groups in total. The third-order valence-electron chi connectivity index (χ3n) is 2.93. The van der Waals surface area contributed by atoms with Gasteiger partial charge in [0.15, 0.2) is 0 Å². The molecule has 1 atom stereocenters. The molecule has 92 valence electrons.